The van der Waals surface area contributed by atoms with Crippen molar-refractivity contribution >= 4 is 5.91 Å². The van der Waals surface area contributed by atoms with Crippen molar-refractivity contribution in [2.24, 2.45) is 5.92 Å². The molecule has 0 spiro atoms. The van der Waals surface area contributed by atoms with Gasteiger partial charge in [-0.3, -0.25) is 4.79 Å². The van der Waals surface area contributed by atoms with Crippen LogP contribution in [-0.4, -0.2) is 36.9 Å². The maximum Gasteiger partial charge on any atom is 0.243 e. The summed E-state index contributed by atoms with van der Waals surface area (Å²) in [6, 6.07) is 6.88. The van der Waals surface area contributed by atoms with E-state index in [1.165, 1.54) is 20.3 Å². The molecule has 1 unspecified atom stereocenters. The molecule has 1 atom stereocenters. The van der Waals surface area contributed by atoms with Crippen LogP contribution in [0.15, 0.2) is 59.8 Å². The third-order valence-corrected chi connectivity index (χ3v) is 3.89. The fourth-order valence-corrected chi connectivity index (χ4v) is 2.51. The van der Waals surface area contributed by atoms with Crippen molar-refractivity contribution in [1.82, 2.24) is 5.32 Å². The number of carbonyl (C=O) groups is 1. The monoisotopic (exact) mass is 345 g/mol. The van der Waals surface area contributed by atoms with Crippen LogP contribution in [0.5, 0.6) is 5.75 Å². The Morgan fingerprint density at radius 3 is 2.60 bits per heavy atom. The second-order valence-corrected chi connectivity index (χ2v) is 5.65. The lowest BCUT2D eigenvalue weighted by molar-refractivity contribution is -0.116. The molecule has 0 bridgehead atoms. The fraction of sp³-hybridized carbons (Fsp3) is 0.316. The molecule has 0 saturated carbocycles. The summed E-state index contributed by atoms with van der Waals surface area (Å²) in [4.78, 5) is 11.9. The predicted octanol–water partition coefficient (Wildman–Crippen LogP) is 2.57. The van der Waals surface area contributed by atoms with Crippen LogP contribution < -0.4 is 5.32 Å². The van der Waals surface area contributed by atoms with Gasteiger partial charge < -0.3 is 25.0 Å². The number of nitrogens with one attached hydrogen (secondary N) is 1. The first-order chi connectivity index (χ1) is 12.0. The Bertz CT molecular complexity index is 688. The highest BCUT2D eigenvalue weighted by Gasteiger charge is 2.22. The number of aromatic hydroxyl groups is 1. The molecule has 0 saturated heterocycles. The third kappa shape index (κ3) is 5.31. The van der Waals surface area contributed by atoms with Gasteiger partial charge in [0.05, 0.1) is 14.2 Å². The maximum absolute atomic E-state index is 11.9. The van der Waals surface area contributed by atoms with Gasteiger partial charge in [-0.15, -0.1) is 0 Å². The summed E-state index contributed by atoms with van der Waals surface area (Å²) in [7, 11) is 2.96. The first kappa shape index (κ1) is 18.4. The Morgan fingerprint density at radius 2 is 1.96 bits per heavy atom. The number of hydrogen-bond acceptors (Lipinski definition) is 5. The van der Waals surface area contributed by atoms with Gasteiger partial charge in [0, 0.05) is 18.9 Å². The Hall–Kier alpha value is -2.89. The maximum atomic E-state index is 11.9. The summed E-state index contributed by atoms with van der Waals surface area (Å²) >= 11 is 0. The normalized spacial score (nSPS) is 17.4. The van der Waals surface area contributed by atoms with Gasteiger partial charge in [0.1, 0.15) is 11.5 Å². The van der Waals surface area contributed by atoms with E-state index in [9.17, 15) is 15.0 Å². The van der Waals surface area contributed by atoms with Gasteiger partial charge in [-0.2, -0.15) is 0 Å². The molecule has 1 amide bonds. The topological polar surface area (TPSA) is 88.0 Å². The van der Waals surface area contributed by atoms with Crippen LogP contribution in [0.4, 0.5) is 0 Å². The van der Waals surface area contributed by atoms with Gasteiger partial charge in [-0.1, -0.05) is 18.2 Å². The van der Waals surface area contributed by atoms with E-state index in [2.05, 4.69) is 5.32 Å². The third-order valence-electron chi connectivity index (χ3n) is 3.89. The van der Waals surface area contributed by atoms with E-state index < -0.39 is 0 Å². The minimum atomic E-state index is -0.191. The molecule has 25 heavy (non-hydrogen) atoms. The lowest BCUT2D eigenvalue weighted by Crippen LogP contribution is -2.23. The van der Waals surface area contributed by atoms with Gasteiger partial charge in [-0.05, 0) is 36.3 Å². The molecule has 0 radical (unpaired) electrons. The first-order valence-electron chi connectivity index (χ1n) is 7.99. The highest BCUT2D eigenvalue weighted by Crippen LogP contribution is 2.28. The number of amides is 1. The van der Waals surface area contributed by atoms with E-state index in [1.54, 1.807) is 24.3 Å². The molecule has 1 aromatic carbocycles. The van der Waals surface area contributed by atoms with E-state index in [0.717, 1.165) is 5.56 Å². The second kappa shape index (κ2) is 8.82. The quantitative estimate of drug-likeness (QED) is 0.661. The molecule has 1 aromatic rings. The van der Waals surface area contributed by atoms with Crippen molar-refractivity contribution in [1.29, 1.82) is 0 Å². The van der Waals surface area contributed by atoms with Gasteiger partial charge in [0.15, 0.2) is 11.5 Å². The second-order valence-electron chi connectivity index (χ2n) is 5.65. The Kier molecular flexibility index (Phi) is 6.51. The lowest BCUT2D eigenvalue weighted by Gasteiger charge is -2.20. The van der Waals surface area contributed by atoms with Crippen molar-refractivity contribution in [3.8, 4) is 5.75 Å². The summed E-state index contributed by atoms with van der Waals surface area (Å²) in [5.74, 6) is 0.704. The largest absolute Gasteiger partial charge is 0.508 e. The molecule has 2 rings (SSSR count). The Balaban J connectivity index is 1.84. The molecule has 1 aliphatic carbocycles. The Morgan fingerprint density at radius 1 is 1.24 bits per heavy atom. The van der Waals surface area contributed by atoms with Crippen LogP contribution in [0.3, 0.4) is 0 Å². The van der Waals surface area contributed by atoms with E-state index in [-0.39, 0.29) is 23.3 Å². The van der Waals surface area contributed by atoms with Crippen LogP contribution in [0.1, 0.15) is 12.0 Å². The summed E-state index contributed by atoms with van der Waals surface area (Å²) in [6.45, 7) is 0.502. The fourth-order valence-electron chi connectivity index (χ4n) is 2.51. The lowest BCUT2D eigenvalue weighted by atomic mass is 9.96. The number of benzene rings is 1. The molecule has 6 nitrogen and oxygen atoms in total. The average molecular weight is 345 g/mol. The molecule has 3 N–H and O–H groups in total. The first-order valence-corrected chi connectivity index (χ1v) is 7.99. The molecule has 0 aliphatic heterocycles. The van der Waals surface area contributed by atoms with Crippen LogP contribution in [-0.2, 0) is 20.7 Å². The van der Waals surface area contributed by atoms with Gasteiger partial charge >= 0.3 is 0 Å². The minimum Gasteiger partial charge on any atom is -0.508 e. The zero-order valence-corrected chi connectivity index (χ0v) is 14.4. The molecule has 134 valence electrons. The number of aliphatic hydroxyl groups is 1. The summed E-state index contributed by atoms with van der Waals surface area (Å²) < 4.78 is 10.3. The molecule has 0 aromatic heterocycles. The number of ether oxygens (including phenoxy) is 2. The predicted molar refractivity (Wildman–Crippen MR) is 93.8 cm³/mol. The number of carbonyl (C=O) groups excluding carboxylic acids is 1. The highest BCUT2D eigenvalue weighted by atomic mass is 16.5. The van der Waals surface area contributed by atoms with Crippen molar-refractivity contribution in [2.45, 2.75) is 12.8 Å². The van der Waals surface area contributed by atoms with E-state index in [4.69, 9.17) is 9.47 Å². The SMILES string of the molecule is COC1=CC(C=CC(=O)NCCc2ccc(O)cc2)CC(OC)=C1O. The number of rotatable bonds is 7. The molecule has 0 fully saturated rings. The number of methoxy groups -OCH3 is 2. The molecule has 6 heteroatoms. The van der Waals surface area contributed by atoms with Crippen LogP contribution in [0.2, 0.25) is 0 Å². The number of hydrogen-bond donors (Lipinski definition) is 3. The smallest absolute Gasteiger partial charge is 0.243 e. The number of aliphatic hydroxyl groups excluding tert-OH is 1. The zero-order chi connectivity index (χ0) is 18.2. The Labute approximate surface area is 147 Å². The van der Waals surface area contributed by atoms with E-state index >= 15 is 0 Å². The summed E-state index contributed by atoms with van der Waals surface area (Å²) in [6.07, 6.45) is 6.12. The van der Waals surface area contributed by atoms with Crippen molar-refractivity contribution in [3.05, 3.63) is 65.3 Å². The van der Waals surface area contributed by atoms with Gasteiger partial charge in [0.2, 0.25) is 5.91 Å². The standard InChI is InChI=1S/C19H23NO5/c1-24-16-11-14(12-17(25-2)19(16)23)5-8-18(22)20-10-9-13-3-6-15(21)7-4-13/h3-8,11,14,21,23H,9-10,12H2,1-2H3,(H,20,22). The van der Waals surface area contributed by atoms with Crippen molar-refractivity contribution < 1.29 is 24.5 Å². The molecule has 1 aliphatic rings. The zero-order valence-electron chi connectivity index (χ0n) is 14.4. The number of allylic oxidation sites excluding steroid dienone is 3. The molecular formula is C19H23NO5. The average Bonchev–Trinajstić information content (AvgIpc) is 2.62. The van der Waals surface area contributed by atoms with E-state index in [1.807, 2.05) is 12.1 Å². The van der Waals surface area contributed by atoms with Crippen LogP contribution in [0, 0.1) is 5.92 Å². The number of phenolic OH excluding ortho intramolecular Hbond substituents is 1. The van der Waals surface area contributed by atoms with Crippen LogP contribution in [0.25, 0.3) is 0 Å². The van der Waals surface area contributed by atoms with Crippen molar-refractivity contribution in [2.75, 3.05) is 20.8 Å². The highest BCUT2D eigenvalue weighted by molar-refractivity contribution is 5.87. The van der Waals surface area contributed by atoms with E-state index in [0.29, 0.717) is 30.9 Å². The summed E-state index contributed by atoms with van der Waals surface area (Å²) in [5, 5.41) is 22.0. The van der Waals surface area contributed by atoms with Crippen molar-refractivity contribution in [3.63, 3.8) is 0 Å². The molecule has 0 heterocycles. The van der Waals surface area contributed by atoms with Crippen LogP contribution >= 0.6 is 0 Å². The van der Waals surface area contributed by atoms with Gasteiger partial charge in [0.25, 0.3) is 0 Å². The number of phenols is 1. The summed E-state index contributed by atoms with van der Waals surface area (Å²) in [5.41, 5.74) is 1.03. The molecular weight excluding hydrogens is 322 g/mol. The minimum absolute atomic E-state index is 0.00648. The van der Waals surface area contributed by atoms with Gasteiger partial charge in [-0.25, -0.2) is 0 Å².